The molecule has 2 aliphatic heterocycles. The summed E-state index contributed by atoms with van der Waals surface area (Å²) in [6.45, 7) is 4.90. The van der Waals surface area contributed by atoms with Gasteiger partial charge in [0.15, 0.2) is 5.82 Å². The molecular formula is C22H26BN5O4. The van der Waals surface area contributed by atoms with E-state index in [0.29, 0.717) is 43.3 Å². The molecule has 0 aliphatic carbocycles. The van der Waals surface area contributed by atoms with Crippen LogP contribution < -0.4 is 15.7 Å². The fourth-order valence-electron chi connectivity index (χ4n) is 4.37. The lowest BCUT2D eigenvalue weighted by Crippen LogP contribution is -2.29. The van der Waals surface area contributed by atoms with E-state index in [0.717, 1.165) is 23.0 Å². The van der Waals surface area contributed by atoms with Crippen LogP contribution in [0.5, 0.6) is 5.75 Å². The van der Waals surface area contributed by atoms with Crippen LogP contribution in [0.4, 0.5) is 11.5 Å². The number of anilines is 2. The molecule has 3 heterocycles. The molecule has 0 radical (unpaired) electrons. The summed E-state index contributed by atoms with van der Waals surface area (Å²) in [7, 11) is -0.941. The van der Waals surface area contributed by atoms with Crippen molar-refractivity contribution >= 4 is 30.1 Å². The van der Waals surface area contributed by atoms with Gasteiger partial charge in [-0.2, -0.15) is 10.4 Å². The molecule has 4 rings (SSSR count). The minimum atomic E-state index is -0.941. The number of allylic oxidation sites excluding steroid dienone is 2. The molecule has 1 saturated heterocycles. The largest absolute Gasteiger partial charge is 0.556 e. The van der Waals surface area contributed by atoms with Crippen LogP contribution in [0.3, 0.4) is 0 Å². The number of carbonyl (C=O) groups is 1. The molecule has 9 nitrogen and oxygen atoms in total. The van der Waals surface area contributed by atoms with E-state index in [1.807, 2.05) is 19.9 Å². The van der Waals surface area contributed by atoms with Crippen LogP contribution >= 0.6 is 0 Å². The number of nitriles is 1. The van der Waals surface area contributed by atoms with E-state index in [1.54, 1.807) is 23.0 Å². The number of carbonyl (C=O) groups excluding carboxylic acids is 1. The molecule has 2 aromatic rings. The van der Waals surface area contributed by atoms with Gasteiger partial charge in [-0.15, -0.1) is 0 Å². The minimum Gasteiger partial charge on any atom is -0.532 e. The lowest BCUT2D eigenvalue weighted by atomic mass is 9.70. The van der Waals surface area contributed by atoms with Crippen molar-refractivity contribution in [1.82, 2.24) is 9.78 Å². The second-order valence-electron chi connectivity index (χ2n) is 7.92. The van der Waals surface area contributed by atoms with Gasteiger partial charge in [-0.1, -0.05) is 13.8 Å². The highest BCUT2D eigenvalue weighted by Crippen LogP contribution is 2.39. The number of primary amides is 1. The lowest BCUT2D eigenvalue weighted by Gasteiger charge is -2.27. The Morgan fingerprint density at radius 1 is 1.44 bits per heavy atom. The summed E-state index contributed by atoms with van der Waals surface area (Å²) < 4.78 is 12.8. The predicted octanol–water partition coefficient (Wildman–Crippen LogP) is 2.81. The molecule has 32 heavy (non-hydrogen) atoms. The fourth-order valence-corrected chi connectivity index (χ4v) is 4.37. The second kappa shape index (κ2) is 9.06. The number of nitrogens with one attached hydrogen (secondary N) is 1. The molecule has 1 fully saturated rings. The molecule has 0 spiro atoms. The van der Waals surface area contributed by atoms with Crippen molar-refractivity contribution in [3.63, 3.8) is 0 Å². The van der Waals surface area contributed by atoms with Crippen molar-refractivity contribution in [2.75, 3.05) is 18.5 Å². The Bertz CT molecular complexity index is 1110. The normalized spacial score (nSPS) is 20.4. The average molecular weight is 435 g/mol. The van der Waals surface area contributed by atoms with Gasteiger partial charge in [0.25, 0.3) is 5.91 Å². The van der Waals surface area contributed by atoms with Gasteiger partial charge in [-0.05, 0) is 48.5 Å². The van der Waals surface area contributed by atoms with E-state index < -0.39 is 13.0 Å². The standard InChI is InChI=1S/C22H26BN5O4/c1-3-15-16-9-14(5-6-20(16)32-23(30)18(15)4-2)26-22-17(21(25)29)11-28(27-22)19-12-31-8-7-13(19)10-24/h5-6,9,11,13,19,30H,3-4,7-8,12H2,1-2H3,(H2,25,29)(H,26,27)/t13-,19+/m0/s1. The van der Waals surface area contributed by atoms with Crippen LogP contribution in [0, 0.1) is 17.2 Å². The molecule has 1 amide bonds. The van der Waals surface area contributed by atoms with Gasteiger partial charge >= 0.3 is 7.12 Å². The van der Waals surface area contributed by atoms with E-state index in [-0.39, 0.29) is 17.5 Å². The molecule has 2 atom stereocenters. The van der Waals surface area contributed by atoms with Crippen LogP contribution in [0.15, 0.2) is 29.9 Å². The summed E-state index contributed by atoms with van der Waals surface area (Å²) in [6.07, 6.45) is 3.61. The molecular weight excluding hydrogens is 409 g/mol. The summed E-state index contributed by atoms with van der Waals surface area (Å²) in [6, 6.07) is 7.51. The third-order valence-corrected chi connectivity index (χ3v) is 6.06. The van der Waals surface area contributed by atoms with Crippen LogP contribution in [0.25, 0.3) is 5.57 Å². The maximum Gasteiger partial charge on any atom is 0.556 e. The molecule has 1 aromatic heterocycles. The number of aromatic nitrogens is 2. The summed E-state index contributed by atoms with van der Waals surface area (Å²) in [4.78, 5) is 12.1. The van der Waals surface area contributed by atoms with Crippen molar-refractivity contribution in [2.45, 2.75) is 39.2 Å². The van der Waals surface area contributed by atoms with Crippen molar-refractivity contribution in [3.8, 4) is 11.8 Å². The summed E-state index contributed by atoms with van der Waals surface area (Å²) in [5, 5.41) is 27.5. The smallest absolute Gasteiger partial charge is 0.532 e. The third-order valence-electron chi connectivity index (χ3n) is 6.06. The summed E-state index contributed by atoms with van der Waals surface area (Å²) in [5.74, 6) is 0.0493. The van der Waals surface area contributed by atoms with Gasteiger partial charge in [0, 0.05) is 24.1 Å². The number of amides is 1. The second-order valence-corrected chi connectivity index (χ2v) is 7.92. The lowest BCUT2D eigenvalue weighted by molar-refractivity contribution is 0.0342. The van der Waals surface area contributed by atoms with Gasteiger partial charge in [-0.25, -0.2) is 0 Å². The first-order chi connectivity index (χ1) is 15.5. The highest BCUT2D eigenvalue weighted by Gasteiger charge is 2.32. The number of nitrogens with two attached hydrogens (primary N) is 1. The Kier molecular flexibility index (Phi) is 6.21. The summed E-state index contributed by atoms with van der Waals surface area (Å²) in [5.41, 5.74) is 9.33. The Hall–Kier alpha value is -3.29. The first kappa shape index (κ1) is 21.9. The van der Waals surface area contributed by atoms with Gasteiger partial charge < -0.3 is 25.5 Å². The van der Waals surface area contributed by atoms with Gasteiger partial charge in [-0.3, -0.25) is 9.48 Å². The molecule has 0 bridgehead atoms. The highest BCUT2D eigenvalue weighted by atomic mass is 16.5. The van der Waals surface area contributed by atoms with E-state index in [9.17, 15) is 15.1 Å². The molecule has 0 unspecified atom stereocenters. The van der Waals surface area contributed by atoms with E-state index in [1.165, 1.54) is 0 Å². The molecule has 2 aliphatic rings. The Labute approximate surface area is 186 Å². The average Bonchev–Trinajstić information content (AvgIpc) is 3.22. The zero-order valence-electron chi connectivity index (χ0n) is 18.2. The first-order valence-corrected chi connectivity index (χ1v) is 10.8. The molecule has 0 saturated carbocycles. The van der Waals surface area contributed by atoms with Gasteiger partial charge in [0.2, 0.25) is 0 Å². The fraction of sp³-hybridized carbons (Fsp3) is 0.409. The van der Waals surface area contributed by atoms with Crippen molar-refractivity contribution in [3.05, 3.63) is 41.0 Å². The third kappa shape index (κ3) is 3.97. The predicted molar refractivity (Wildman–Crippen MR) is 120 cm³/mol. The van der Waals surface area contributed by atoms with Crippen LogP contribution in [-0.4, -0.2) is 41.0 Å². The number of rotatable bonds is 6. The number of nitrogens with zero attached hydrogens (tertiary/aromatic N) is 3. The van der Waals surface area contributed by atoms with Crippen LogP contribution in [0.2, 0.25) is 0 Å². The highest BCUT2D eigenvalue weighted by molar-refractivity contribution is 6.55. The SMILES string of the molecule is CCC1=C(CC)c2cc(Nc3nn([C@@H]4COCC[C@H]4C#N)cc3C(N)=O)ccc2OB1O. The number of ether oxygens (including phenoxy) is 1. The Morgan fingerprint density at radius 2 is 2.25 bits per heavy atom. The van der Waals surface area contributed by atoms with Crippen molar-refractivity contribution < 1.29 is 19.2 Å². The molecule has 10 heteroatoms. The summed E-state index contributed by atoms with van der Waals surface area (Å²) >= 11 is 0. The van der Waals surface area contributed by atoms with Crippen LogP contribution in [0.1, 0.15) is 55.1 Å². The first-order valence-electron chi connectivity index (χ1n) is 10.8. The maximum absolute atomic E-state index is 12.1. The van der Waals surface area contributed by atoms with Crippen molar-refractivity contribution in [2.24, 2.45) is 11.7 Å². The zero-order valence-corrected chi connectivity index (χ0v) is 18.2. The Morgan fingerprint density at radius 3 is 2.94 bits per heavy atom. The van der Waals surface area contributed by atoms with E-state index >= 15 is 0 Å². The zero-order chi connectivity index (χ0) is 22.8. The quantitative estimate of drug-likeness (QED) is 0.594. The molecule has 4 N–H and O–H groups in total. The number of hydrogen-bond acceptors (Lipinski definition) is 7. The minimum absolute atomic E-state index is 0.233. The van der Waals surface area contributed by atoms with Gasteiger partial charge in [0.1, 0.15) is 11.3 Å². The number of hydrogen-bond donors (Lipinski definition) is 3. The number of benzene rings is 1. The van der Waals surface area contributed by atoms with E-state index in [4.69, 9.17) is 15.1 Å². The maximum atomic E-state index is 12.1. The van der Waals surface area contributed by atoms with E-state index in [2.05, 4.69) is 16.5 Å². The Balaban J connectivity index is 1.68. The molecule has 166 valence electrons. The number of fused-ring (bicyclic) bond motifs is 1. The van der Waals surface area contributed by atoms with Gasteiger partial charge in [0.05, 0.1) is 24.6 Å². The van der Waals surface area contributed by atoms with Crippen molar-refractivity contribution in [1.29, 1.82) is 5.26 Å². The monoisotopic (exact) mass is 435 g/mol. The molecule has 1 aromatic carbocycles. The van der Waals surface area contributed by atoms with Crippen LogP contribution in [-0.2, 0) is 4.74 Å². The topological polar surface area (TPSA) is 135 Å².